The zero-order valence-electron chi connectivity index (χ0n) is 9.84. The molecule has 0 aliphatic carbocycles. The fourth-order valence-corrected chi connectivity index (χ4v) is 2.17. The topological polar surface area (TPSA) is 36.7 Å². The van der Waals surface area contributed by atoms with Crippen LogP contribution in [0.4, 0.5) is 0 Å². The Morgan fingerprint density at radius 2 is 2.12 bits per heavy atom. The van der Waals surface area contributed by atoms with Gasteiger partial charge in [-0.1, -0.05) is 0 Å². The third-order valence-corrected chi connectivity index (χ3v) is 3.34. The maximum atomic E-state index is 12.0. The number of nitrogens with zero attached hydrogens (tertiary/aromatic N) is 2. The van der Waals surface area contributed by atoms with Crippen molar-refractivity contribution in [3.05, 3.63) is 24.2 Å². The van der Waals surface area contributed by atoms with Gasteiger partial charge in [-0.15, -0.1) is 0 Å². The van der Waals surface area contributed by atoms with Crippen LogP contribution in [0.5, 0.6) is 0 Å². The number of hydrogen-bond acceptors (Lipinski definition) is 4. The molecule has 4 nitrogen and oxygen atoms in total. The van der Waals surface area contributed by atoms with Crippen molar-refractivity contribution in [2.75, 3.05) is 38.5 Å². The van der Waals surface area contributed by atoms with Crippen LogP contribution in [-0.2, 0) is 0 Å². The number of amides is 1. The molecule has 1 saturated heterocycles. The summed E-state index contributed by atoms with van der Waals surface area (Å²) < 4.78 is 5.13. The lowest BCUT2D eigenvalue weighted by Crippen LogP contribution is -2.48. The second kappa shape index (κ2) is 6.12. The maximum absolute atomic E-state index is 12.0. The van der Waals surface area contributed by atoms with Crippen molar-refractivity contribution in [3.8, 4) is 0 Å². The van der Waals surface area contributed by atoms with E-state index in [9.17, 15) is 4.79 Å². The molecular weight excluding hydrogens is 236 g/mol. The highest BCUT2D eigenvalue weighted by molar-refractivity contribution is 7.80. The minimum atomic E-state index is 0.00356. The summed E-state index contributed by atoms with van der Waals surface area (Å²) in [4.78, 5) is 16.2. The quantitative estimate of drug-likeness (QED) is 0.824. The number of hydrogen-bond donors (Lipinski definition) is 1. The fourth-order valence-electron chi connectivity index (χ4n) is 2.02. The molecule has 0 aromatic carbocycles. The monoisotopic (exact) mass is 254 g/mol. The molecule has 0 atom stereocenters. The summed E-state index contributed by atoms with van der Waals surface area (Å²) in [5, 5.41) is 0. The third-order valence-electron chi connectivity index (χ3n) is 3.02. The Morgan fingerprint density at radius 1 is 1.35 bits per heavy atom. The van der Waals surface area contributed by atoms with Crippen molar-refractivity contribution in [2.24, 2.45) is 0 Å². The molecule has 0 unspecified atom stereocenters. The summed E-state index contributed by atoms with van der Waals surface area (Å²) in [6.45, 7) is 4.53. The van der Waals surface area contributed by atoms with Gasteiger partial charge < -0.3 is 9.32 Å². The first-order valence-corrected chi connectivity index (χ1v) is 6.60. The van der Waals surface area contributed by atoms with Gasteiger partial charge in [-0.3, -0.25) is 9.69 Å². The van der Waals surface area contributed by atoms with E-state index in [1.54, 1.807) is 12.1 Å². The summed E-state index contributed by atoms with van der Waals surface area (Å²) in [6.07, 6.45) is 2.64. The molecule has 1 aromatic rings. The van der Waals surface area contributed by atoms with Gasteiger partial charge in [0.25, 0.3) is 5.91 Å². The summed E-state index contributed by atoms with van der Waals surface area (Å²) in [5.41, 5.74) is 0. The van der Waals surface area contributed by atoms with E-state index in [1.807, 2.05) is 4.90 Å². The maximum Gasteiger partial charge on any atom is 0.289 e. The average Bonchev–Trinajstić information content (AvgIpc) is 2.90. The second-order valence-corrected chi connectivity index (χ2v) is 4.64. The van der Waals surface area contributed by atoms with Crippen molar-refractivity contribution < 1.29 is 9.21 Å². The molecule has 1 aliphatic rings. The van der Waals surface area contributed by atoms with Gasteiger partial charge in [0.05, 0.1) is 6.26 Å². The van der Waals surface area contributed by atoms with Crippen LogP contribution in [0.2, 0.25) is 0 Å². The summed E-state index contributed by atoms with van der Waals surface area (Å²) in [5.74, 6) is 1.36. The molecular formula is C12H18N2O2S. The molecule has 0 saturated carbocycles. The van der Waals surface area contributed by atoms with E-state index in [1.165, 1.54) is 6.26 Å². The molecule has 5 heteroatoms. The molecule has 94 valence electrons. The standard InChI is InChI=1S/C12H18N2O2S/c15-12(11-3-1-9-16-11)14-7-5-13(6-8-14)4-2-10-17/h1,3,9,17H,2,4-8,10H2. The van der Waals surface area contributed by atoms with Gasteiger partial charge in [-0.2, -0.15) is 12.6 Å². The Morgan fingerprint density at radius 3 is 2.71 bits per heavy atom. The van der Waals surface area contributed by atoms with E-state index >= 15 is 0 Å². The SMILES string of the molecule is O=C(c1ccco1)N1CCN(CCCS)CC1. The van der Waals surface area contributed by atoms with E-state index in [4.69, 9.17) is 4.42 Å². The van der Waals surface area contributed by atoms with Crippen LogP contribution in [0.1, 0.15) is 17.0 Å². The molecule has 0 N–H and O–H groups in total. The van der Waals surface area contributed by atoms with E-state index in [2.05, 4.69) is 17.5 Å². The van der Waals surface area contributed by atoms with Gasteiger partial charge in [0.15, 0.2) is 5.76 Å². The lowest BCUT2D eigenvalue weighted by molar-refractivity contribution is 0.0607. The van der Waals surface area contributed by atoms with Gasteiger partial charge in [0.1, 0.15) is 0 Å². The number of carbonyl (C=O) groups excluding carboxylic acids is 1. The molecule has 1 amide bonds. The molecule has 0 spiro atoms. The lowest BCUT2D eigenvalue weighted by Gasteiger charge is -2.34. The van der Waals surface area contributed by atoms with Gasteiger partial charge in [0, 0.05) is 26.2 Å². The normalized spacial score (nSPS) is 17.4. The Bertz CT molecular complexity index is 345. The fraction of sp³-hybridized carbons (Fsp3) is 0.583. The average molecular weight is 254 g/mol. The Balaban J connectivity index is 1.81. The van der Waals surface area contributed by atoms with Crippen molar-refractivity contribution in [2.45, 2.75) is 6.42 Å². The number of furan rings is 1. The van der Waals surface area contributed by atoms with E-state index in [0.29, 0.717) is 5.76 Å². The number of piperazine rings is 1. The predicted molar refractivity (Wildman–Crippen MR) is 69.5 cm³/mol. The van der Waals surface area contributed by atoms with E-state index in [0.717, 1.165) is 44.9 Å². The van der Waals surface area contributed by atoms with Crippen molar-refractivity contribution in [3.63, 3.8) is 0 Å². The van der Waals surface area contributed by atoms with Crippen molar-refractivity contribution in [1.29, 1.82) is 0 Å². The van der Waals surface area contributed by atoms with Crippen LogP contribution in [0, 0.1) is 0 Å². The van der Waals surface area contributed by atoms with Gasteiger partial charge in [-0.25, -0.2) is 0 Å². The van der Waals surface area contributed by atoms with Crippen LogP contribution in [0.15, 0.2) is 22.8 Å². The third kappa shape index (κ3) is 3.26. The van der Waals surface area contributed by atoms with Crippen LogP contribution in [0.3, 0.4) is 0 Å². The molecule has 17 heavy (non-hydrogen) atoms. The number of rotatable bonds is 4. The van der Waals surface area contributed by atoms with Crippen LogP contribution in [-0.4, -0.2) is 54.2 Å². The van der Waals surface area contributed by atoms with Gasteiger partial charge >= 0.3 is 0 Å². The van der Waals surface area contributed by atoms with Gasteiger partial charge in [-0.05, 0) is 30.9 Å². The van der Waals surface area contributed by atoms with Gasteiger partial charge in [0.2, 0.25) is 0 Å². The first kappa shape index (κ1) is 12.5. The zero-order chi connectivity index (χ0) is 12.1. The minimum Gasteiger partial charge on any atom is -0.459 e. The molecule has 1 aromatic heterocycles. The molecule has 0 radical (unpaired) electrons. The Kier molecular flexibility index (Phi) is 4.50. The summed E-state index contributed by atoms with van der Waals surface area (Å²) >= 11 is 4.21. The second-order valence-electron chi connectivity index (χ2n) is 4.19. The molecule has 2 rings (SSSR count). The molecule has 2 heterocycles. The number of thiol groups is 1. The molecule has 0 bridgehead atoms. The smallest absolute Gasteiger partial charge is 0.289 e. The summed E-state index contributed by atoms with van der Waals surface area (Å²) in [7, 11) is 0. The Labute approximate surface area is 107 Å². The highest BCUT2D eigenvalue weighted by Crippen LogP contribution is 2.09. The highest BCUT2D eigenvalue weighted by Gasteiger charge is 2.23. The highest BCUT2D eigenvalue weighted by atomic mass is 32.1. The Hall–Kier alpha value is -0.940. The predicted octanol–water partition coefficient (Wildman–Crippen LogP) is 1.36. The van der Waals surface area contributed by atoms with E-state index in [-0.39, 0.29) is 5.91 Å². The van der Waals surface area contributed by atoms with Crippen LogP contribution >= 0.6 is 12.6 Å². The lowest BCUT2D eigenvalue weighted by atomic mass is 10.2. The first-order chi connectivity index (χ1) is 8.31. The van der Waals surface area contributed by atoms with Crippen LogP contribution in [0.25, 0.3) is 0 Å². The summed E-state index contributed by atoms with van der Waals surface area (Å²) in [6, 6.07) is 3.46. The number of carbonyl (C=O) groups is 1. The first-order valence-electron chi connectivity index (χ1n) is 5.97. The largest absolute Gasteiger partial charge is 0.459 e. The zero-order valence-corrected chi connectivity index (χ0v) is 10.7. The minimum absolute atomic E-state index is 0.00356. The van der Waals surface area contributed by atoms with Crippen molar-refractivity contribution in [1.82, 2.24) is 9.80 Å². The van der Waals surface area contributed by atoms with E-state index < -0.39 is 0 Å². The van der Waals surface area contributed by atoms with Crippen molar-refractivity contribution >= 4 is 18.5 Å². The van der Waals surface area contributed by atoms with Crippen LogP contribution < -0.4 is 0 Å². The molecule has 1 aliphatic heterocycles. The molecule has 1 fully saturated rings.